The minimum atomic E-state index is -1.32. The Morgan fingerprint density at radius 3 is 2.33 bits per heavy atom. The fraction of sp³-hybridized carbons (Fsp3) is 0.700. The molecule has 0 radical (unpaired) electrons. The summed E-state index contributed by atoms with van der Waals surface area (Å²) in [5.74, 6) is -2.02. The van der Waals surface area contributed by atoms with Gasteiger partial charge in [0.05, 0.1) is 19.6 Å². The monoisotopic (exact) mass is 262 g/mol. The maximum atomic E-state index is 11.4. The third kappa shape index (κ3) is 6.69. The van der Waals surface area contributed by atoms with E-state index in [0.29, 0.717) is 0 Å². The van der Waals surface area contributed by atoms with E-state index < -0.39 is 30.4 Å². The van der Waals surface area contributed by atoms with Gasteiger partial charge in [-0.3, -0.25) is 4.79 Å². The van der Waals surface area contributed by atoms with Gasteiger partial charge in [0.15, 0.2) is 0 Å². The third-order valence-corrected chi connectivity index (χ3v) is 2.15. The predicted octanol–water partition coefficient (Wildman–Crippen LogP) is -0.663. The zero-order valence-electron chi connectivity index (χ0n) is 10.6. The number of ether oxygens (including phenoxy) is 2. The summed E-state index contributed by atoms with van der Waals surface area (Å²) >= 11 is 0. The second kappa shape index (κ2) is 8.29. The third-order valence-electron chi connectivity index (χ3n) is 2.15. The van der Waals surface area contributed by atoms with Crippen LogP contribution in [0, 0.1) is 0 Å². The molecule has 8 nitrogen and oxygen atoms in total. The molecule has 18 heavy (non-hydrogen) atoms. The van der Waals surface area contributed by atoms with E-state index in [1.54, 1.807) is 6.92 Å². The summed E-state index contributed by atoms with van der Waals surface area (Å²) in [5, 5.41) is 13.4. The van der Waals surface area contributed by atoms with Crippen molar-refractivity contribution in [3.63, 3.8) is 0 Å². The van der Waals surface area contributed by atoms with Gasteiger partial charge < -0.3 is 25.2 Å². The van der Waals surface area contributed by atoms with Gasteiger partial charge in [0.1, 0.15) is 6.04 Å². The van der Waals surface area contributed by atoms with Crippen LogP contribution in [0.25, 0.3) is 0 Å². The summed E-state index contributed by atoms with van der Waals surface area (Å²) in [7, 11) is 2.63. The van der Waals surface area contributed by atoms with Gasteiger partial charge in [-0.25, -0.2) is 9.59 Å². The van der Waals surface area contributed by atoms with E-state index in [9.17, 15) is 14.4 Å². The van der Waals surface area contributed by atoms with Crippen molar-refractivity contribution in [3.8, 4) is 0 Å². The number of carboxylic acid groups (broad SMARTS) is 1. The SMILES string of the molecule is COC(=O)C[C@H](NC(=O)NCC(C)OC)C(=O)O. The Kier molecular flexibility index (Phi) is 7.45. The van der Waals surface area contributed by atoms with Gasteiger partial charge in [-0.15, -0.1) is 0 Å². The first kappa shape index (κ1) is 16.2. The highest BCUT2D eigenvalue weighted by Crippen LogP contribution is 1.95. The number of methoxy groups -OCH3 is 2. The fourth-order valence-corrected chi connectivity index (χ4v) is 0.979. The van der Waals surface area contributed by atoms with E-state index in [-0.39, 0.29) is 12.6 Å². The van der Waals surface area contributed by atoms with Crippen molar-refractivity contribution in [2.24, 2.45) is 0 Å². The Hall–Kier alpha value is -1.83. The van der Waals surface area contributed by atoms with E-state index in [1.807, 2.05) is 0 Å². The molecule has 0 aliphatic carbocycles. The van der Waals surface area contributed by atoms with Gasteiger partial charge in [-0.05, 0) is 6.92 Å². The molecular formula is C10H18N2O6. The minimum Gasteiger partial charge on any atom is -0.480 e. The van der Waals surface area contributed by atoms with Gasteiger partial charge in [0, 0.05) is 13.7 Å². The van der Waals surface area contributed by atoms with Crippen LogP contribution in [0.2, 0.25) is 0 Å². The number of urea groups is 1. The van der Waals surface area contributed by atoms with Crippen molar-refractivity contribution in [1.29, 1.82) is 0 Å². The first-order valence-corrected chi connectivity index (χ1v) is 5.27. The van der Waals surface area contributed by atoms with Gasteiger partial charge in [0.25, 0.3) is 0 Å². The van der Waals surface area contributed by atoms with Crippen molar-refractivity contribution in [2.45, 2.75) is 25.5 Å². The first-order valence-electron chi connectivity index (χ1n) is 5.27. The van der Waals surface area contributed by atoms with Crippen LogP contribution in [0.4, 0.5) is 4.79 Å². The van der Waals surface area contributed by atoms with Crippen molar-refractivity contribution >= 4 is 18.0 Å². The number of hydrogen-bond donors (Lipinski definition) is 3. The van der Waals surface area contributed by atoms with E-state index in [0.717, 1.165) is 7.11 Å². The van der Waals surface area contributed by atoms with E-state index in [2.05, 4.69) is 15.4 Å². The van der Waals surface area contributed by atoms with E-state index in [1.165, 1.54) is 7.11 Å². The smallest absolute Gasteiger partial charge is 0.326 e. The molecule has 0 bridgehead atoms. The highest BCUT2D eigenvalue weighted by molar-refractivity contribution is 5.86. The van der Waals surface area contributed by atoms with Gasteiger partial charge in [-0.1, -0.05) is 0 Å². The number of esters is 1. The molecule has 104 valence electrons. The summed E-state index contributed by atoms with van der Waals surface area (Å²) in [5.41, 5.74) is 0. The van der Waals surface area contributed by atoms with Crippen LogP contribution in [0.1, 0.15) is 13.3 Å². The minimum absolute atomic E-state index is 0.195. The lowest BCUT2D eigenvalue weighted by Gasteiger charge is -2.15. The van der Waals surface area contributed by atoms with E-state index >= 15 is 0 Å². The van der Waals surface area contributed by atoms with E-state index in [4.69, 9.17) is 9.84 Å². The molecule has 0 aliphatic rings. The molecule has 0 spiro atoms. The quantitative estimate of drug-likeness (QED) is 0.525. The normalized spacial score (nSPS) is 13.3. The van der Waals surface area contributed by atoms with Crippen LogP contribution in [-0.4, -0.2) is 56.0 Å². The molecule has 0 saturated heterocycles. The molecule has 0 aromatic heterocycles. The largest absolute Gasteiger partial charge is 0.480 e. The summed E-state index contributed by atoms with van der Waals surface area (Å²) in [6.45, 7) is 1.97. The Balaban J connectivity index is 4.20. The van der Waals surface area contributed by atoms with Crippen molar-refractivity contribution in [3.05, 3.63) is 0 Å². The average Bonchev–Trinajstić information content (AvgIpc) is 2.34. The number of aliphatic carboxylic acids is 1. The second-order valence-electron chi connectivity index (χ2n) is 3.57. The van der Waals surface area contributed by atoms with Crippen molar-refractivity contribution < 1.29 is 29.0 Å². The molecule has 0 heterocycles. The second-order valence-corrected chi connectivity index (χ2v) is 3.57. The highest BCUT2D eigenvalue weighted by atomic mass is 16.5. The topological polar surface area (TPSA) is 114 Å². The number of amides is 2. The number of carbonyl (C=O) groups excluding carboxylic acids is 2. The number of carboxylic acids is 1. The van der Waals surface area contributed by atoms with Gasteiger partial charge in [-0.2, -0.15) is 0 Å². The Morgan fingerprint density at radius 2 is 1.89 bits per heavy atom. The lowest BCUT2D eigenvalue weighted by molar-refractivity contribution is -0.147. The molecule has 0 rings (SSSR count). The molecule has 1 unspecified atom stereocenters. The zero-order valence-corrected chi connectivity index (χ0v) is 10.6. The zero-order chi connectivity index (χ0) is 14.1. The number of nitrogens with one attached hydrogen (secondary N) is 2. The first-order chi connectivity index (χ1) is 8.40. The van der Waals surface area contributed by atoms with Gasteiger partial charge >= 0.3 is 18.0 Å². The summed E-state index contributed by atoms with van der Waals surface area (Å²) in [4.78, 5) is 33.1. The predicted molar refractivity (Wildman–Crippen MR) is 61.1 cm³/mol. The average molecular weight is 262 g/mol. The fourth-order valence-electron chi connectivity index (χ4n) is 0.979. The molecule has 3 N–H and O–H groups in total. The van der Waals surface area contributed by atoms with Crippen molar-refractivity contribution in [2.75, 3.05) is 20.8 Å². The standard InChI is InChI=1S/C10H18N2O6/c1-6(17-2)5-11-10(16)12-7(9(14)15)4-8(13)18-3/h6-7H,4-5H2,1-3H3,(H,14,15)(H2,11,12,16)/t6?,7-/m0/s1. The number of hydrogen-bond acceptors (Lipinski definition) is 5. The molecular weight excluding hydrogens is 244 g/mol. The van der Waals surface area contributed by atoms with Crippen molar-refractivity contribution in [1.82, 2.24) is 10.6 Å². The number of rotatable bonds is 7. The molecule has 0 saturated carbocycles. The number of carbonyl (C=O) groups is 3. The van der Waals surface area contributed by atoms with Crippen LogP contribution in [0.3, 0.4) is 0 Å². The maximum Gasteiger partial charge on any atom is 0.326 e. The van der Waals surface area contributed by atoms with Crippen LogP contribution in [0.5, 0.6) is 0 Å². The molecule has 0 aliphatic heterocycles. The molecule has 0 fully saturated rings. The molecule has 2 amide bonds. The van der Waals surface area contributed by atoms with Crippen LogP contribution in [-0.2, 0) is 19.1 Å². The van der Waals surface area contributed by atoms with Crippen LogP contribution in [0.15, 0.2) is 0 Å². The lowest BCUT2D eigenvalue weighted by Crippen LogP contribution is -2.48. The summed E-state index contributed by atoms with van der Waals surface area (Å²) < 4.78 is 9.24. The molecule has 0 aromatic carbocycles. The molecule has 2 atom stereocenters. The Morgan fingerprint density at radius 1 is 1.28 bits per heavy atom. The maximum absolute atomic E-state index is 11.4. The summed E-state index contributed by atoms with van der Waals surface area (Å²) in [6, 6.07) is -2.01. The van der Waals surface area contributed by atoms with Crippen LogP contribution < -0.4 is 10.6 Å². The van der Waals surface area contributed by atoms with Crippen LogP contribution >= 0.6 is 0 Å². The lowest BCUT2D eigenvalue weighted by atomic mass is 10.2. The Labute approximate surface area is 105 Å². The Bertz CT molecular complexity index is 307. The molecule has 0 aromatic rings. The van der Waals surface area contributed by atoms with Gasteiger partial charge in [0.2, 0.25) is 0 Å². The highest BCUT2D eigenvalue weighted by Gasteiger charge is 2.23. The summed E-state index contributed by atoms with van der Waals surface area (Å²) in [6.07, 6.45) is -0.626. The molecule has 8 heteroatoms.